The summed E-state index contributed by atoms with van der Waals surface area (Å²) < 4.78 is 25.7. The Morgan fingerprint density at radius 2 is 1.90 bits per heavy atom. The molecule has 0 bridgehead atoms. The average molecular weight is 300 g/mol. The number of pyridine rings is 1. The van der Waals surface area contributed by atoms with Crippen LogP contribution in [0.25, 0.3) is 0 Å². The van der Waals surface area contributed by atoms with Gasteiger partial charge in [0.25, 0.3) is 0 Å². The topological polar surface area (TPSA) is 59.1 Å². The SMILES string of the molecule is O=S(=O)(c1ccccc1)[C@H]1C=CCN[C@@H]1c1cccnc1. The maximum atomic E-state index is 12.9. The fourth-order valence-corrected chi connectivity index (χ4v) is 4.32. The molecule has 0 saturated carbocycles. The molecule has 0 unspecified atom stereocenters. The summed E-state index contributed by atoms with van der Waals surface area (Å²) in [7, 11) is -3.44. The molecular weight excluding hydrogens is 284 g/mol. The van der Waals surface area contributed by atoms with Gasteiger partial charge in [-0.05, 0) is 23.8 Å². The fraction of sp³-hybridized carbons (Fsp3) is 0.188. The minimum absolute atomic E-state index is 0.283. The number of rotatable bonds is 3. The zero-order chi connectivity index (χ0) is 14.7. The Morgan fingerprint density at radius 1 is 1.10 bits per heavy atom. The summed E-state index contributed by atoms with van der Waals surface area (Å²) in [5, 5.41) is 2.63. The van der Waals surface area contributed by atoms with Gasteiger partial charge in [0.1, 0.15) is 5.25 Å². The third kappa shape index (κ3) is 2.75. The molecule has 108 valence electrons. The van der Waals surface area contributed by atoms with Crippen LogP contribution in [0.2, 0.25) is 0 Å². The van der Waals surface area contributed by atoms with Gasteiger partial charge in [0.15, 0.2) is 9.84 Å². The molecule has 1 aliphatic heterocycles. The van der Waals surface area contributed by atoms with Crippen molar-refractivity contribution in [2.45, 2.75) is 16.2 Å². The van der Waals surface area contributed by atoms with E-state index in [0.717, 1.165) is 5.56 Å². The van der Waals surface area contributed by atoms with E-state index >= 15 is 0 Å². The average Bonchev–Trinajstić information content (AvgIpc) is 2.56. The number of hydrogen-bond acceptors (Lipinski definition) is 4. The number of sulfone groups is 1. The largest absolute Gasteiger partial charge is 0.305 e. The van der Waals surface area contributed by atoms with Crippen molar-refractivity contribution in [2.75, 3.05) is 6.54 Å². The van der Waals surface area contributed by atoms with Gasteiger partial charge in [-0.3, -0.25) is 4.98 Å². The van der Waals surface area contributed by atoms with Crippen LogP contribution in [-0.2, 0) is 9.84 Å². The normalized spacial score (nSPS) is 22.1. The third-order valence-electron chi connectivity index (χ3n) is 3.58. The second-order valence-corrected chi connectivity index (χ2v) is 7.03. The van der Waals surface area contributed by atoms with Crippen molar-refractivity contribution in [2.24, 2.45) is 0 Å². The van der Waals surface area contributed by atoms with Gasteiger partial charge in [0.2, 0.25) is 0 Å². The zero-order valence-electron chi connectivity index (χ0n) is 11.4. The predicted molar refractivity (Wildman–Crippen MR) is 81.5 cm³/mol. The first-order chi connectivity index (χ1) is 10.2. The van der Waals surface area contributed by atoms with Crippen LogP contribution < -0.4 is 5.32 Å². The van der Waals surface area contributed by atoms with Gasteiger partial charge >= 0.3 is 0 Å². The first-order valence-electron chi connectivity index (χ1n) is 6.78. The van der Waals surface area contributed by atoms with Crippen molar-refractivity contribution in [3.8, 4) is 0 Å². The van der Waals surface area contributed by atoms with Crippen LogP contribution in [0.3, 0.4) is 0 Å². The molecule has 0 saturated heterocycles. The van der Waals surface area contributed by atoms with Gasteiger partial charge in [-0.1, -0.05) is 36.4 Å². The van der Waals surface area contributed by atoms with E-state index in [1.54, 1.807) is 42.7 Å². The molecule has 0 radical (unpaired) electrons. The quantitative estimate of drug-likeness (QED) is 0.882. The number of nitrogens with one attached hydrogen (secondary N) is 1. The van der Waals surface area contributed by atoms with E-state index in [1.807, 2.05) is 24.3 Å². The zero-order valence-corrected chi connectivity index (χ0v) is 12.2. The molecule has 1 N–H and O–H groups in total. The first kappa shape index (κ1) is 14.0. The Kier molecular flexibility index (Phi) is 3.86. The molecule has 1 aliphatic rings. The molecule has 5 heteroatoms. The van der Waals surface area contributed by atoms with E-state index in [2.05, 4.69) is 10.3 Å². The lowest BCUT2D eigenvalue weighted by Crippen LogP contribution is -2.39. The van der Waals surface area contributed by atoms with E-state index < -0.39 is 15.1 Å². The van der Waals surface area contributed by atoms with Crippen molar-refractivity contribution in [3.05, 3.63) is 72.6 Å². The molecule has 1 aromatic carbocycles. The van der Waals surface area contributed by atoms with Crippen molar-refractivity contribution >= 4 is 9.84 Å². The summed E-state index contributed by atoms with van der Waals surface area (Å²) in [6, 6.07) is 12.0. The van der Waals surface area contributed by atoms with E-state index in [9.17, 15) is 8.42 Å². The molecule has 0 aliphatic carbocycles. The molecule has 1 aromatic heterocycles. The van der Waals surface area contributed by atoms with Gasteiger partial charge in [-0.25, -0.2) is 8.42 Å². The Bertz CT molecular complexity index is 727. The third-order valence-corrected chi connectivity index (χ3v) is 5.66. The van der Waals surface area contributed by atoms with Crippen molar-refractivity contribution < 1.29 is 8.42 Å². The highest BCUT2D eigenvalue weighted by Crippen LogP contribution is 2.29. The minimum atomic E-state index is -3.44. The lowest BCUT2D eigenvalue weighted by Gasteiger charge is -2.28. The van der Waals surface area contributed by atoms with Gasteiger partial charge in [-0.2, -0.15) is 0 Å². The summed E-state index contributed by atoms with van der Waals surface area (Å²) in [6.45, 7) is 0.653. The summed E-state index contributed by atoms with van der Waals surface area (Å²) in [5.74, 6) is 0. The van der Waals surface area contributed by atoms with E-state index in [1.165, 1.54) is 0 Å². The Balaban J connectivity index is 2.03. The maximum absolute atomic E-state index is 12.9. The molecular formula is C16H16N2O2S. The summed E-state index contributed by atoms with van der Waals surface area (Å²) in [5.41, 5.74) is 0.881. The van der Waals surface area contributed by atoms with Gasteiger partial charge in [0.05, 0.1) is 10.9 Å². The highest BCUT2D eigenvalue weighted by atomic mass is 32.2. The van der Waals surface area contributed by atoms with Crippen LogP contribution in [0.15, 0.2) is 71.9 Å². The van der Waals surface area contributed by atoms with Crippen molar-refractivity contribution in [1.82, 2.24) is 10.3 Å². The molecule has 2 heterocycles. The monoisotopic (exact) mass is 300 g/mol. The van der Waals surface area contributed by atoms with Gasteiger partial charge in [-0.15, -0.1) is 0 Å². The smallest absolute Gasteiger partial charge is 0.186 e. The summed E-state index contributed by atoms with van der Waals surface area (Å²) in [6.07, 6.45) is 7.03. The molecule has 21 heavy (non-hydrogen) atoms. The van der Waals surface area contributed by atoms with Gasteiger partial charge < -0.3 is 5.32 Å². The van der Waals surface area contributed by atoms with Crippen LogP contribution in [0.4, 0.5) is 0 Å². The Hall–Kier alpha value is -1.98. The van der Waals surface area contributed by atoms with Crippen LogP contribution in [0.1, 0.15) is 11.6 Å². The second kappa shape index (κ2) is 5.79. The Labute approximate surface area is 124 Å². The lowest BCUT2D eigenvalue weighted by molar-refractivity contribution is 0.522. The van der Waals surface area contributed by atoms with Gasteiger partial charge in [0, 0.05) is 18.9 Å². The lowest BCUT2D eigenvalue weighted by atomic mass is 10.0. The first-order valence-corrected chi connectivity index (χ1v) is 8.33. The minimum Gasteiger partial charge on any atom is -0.305 e. The van der Waals surface area contributed by atoms with E-state index in [-0.39, 0.29) is 6.04 Å². The van der Waals surface area contributed by atoms with Crippen LogP contribution >= 0.6 is 0 Å². The molecule has 3 rings (SSSR count). The molecule has 0 amide bonds. The Morgan fingerprint density at radius 3 is 2.62 bits per heavy atom. The number of nitrogens with zero attached hydrogens (tertiary/aromatic N) is 1. The van der Waals surface area contributed by atoms with E-state index in [4.69, 9.17) is 0 Å². The molecule has 0 spiro atoms. The summed E-state index contributed by atoms with van der Waals surface area (Å²) >= 11 is 0. The highest BCUT2D eigenvalue weighted by Gasteiger charge is 2.34. The van der Waals surface area contributed by atoms with Crippen LogP contribution in [0, 0.1) is 0 Å². The standard InChI is InChI=1S/C16H16N2O2S/c19-21(20,14-7-2-1-3-8-14)15-9-5-11-18-16(15)13-6-4-10-17-12-13/h1-10,12,15-16,18H,11H2/t15-,16+/m0/s1. The number of aromatic nitrogens is 1. The van der Waals surface area contributed by atoms with Crippen LogP contribution in [0.5, 0.6) is 0 Å². The van der Waals surface area contributed by atoms with E-state index in [0.29, 0.717) is 11.4 Å². The number of benzene rings is 1. The highest BCUT2D eigenvalue weighted by molar-refractivity contribution is 7.92. The van der Waals surface area contributed by atoms with Crippen molar-refractivity contribution in [3.63, 3.8) is 0 Å². The molecule has 4 nitrogen and oxygen atoms in total. The molecule has 2 aromatic rings. The maximum Gasteiger partial charge on any atom is 0.186 e. The molecule has 2 atom stereocenters. The second-order valence-electron chi connectivity index (χ2n) is 4.92. The fourth-order valence-electron chi connectivity index (χ4n) is 2.54. The predicted octanol–water partition coefficient (Wildman–Crippen LogP) is 2.12. The number of hydrogen-bond donors (Lipinski definition) is 1. The van der Waals surface area contributed by atoms with Crippen molar-refractivity contribution in [1.29, 1.82) is 0 Å². The molecule has 0 fully saturated rings. The summed E-state index contributed by atoms with van der Waals surface area (Å²) in [4.78, 5) is 4.43. The van der Waals surface area contributed by atoms with Crippen LogP contribution in [-0.4, -0.2) is 25.2 Å².